The minimum atomic E-state index is 0.517. The topological polar surface area (TPSA) is 21.3 Å². The van der Waals surface area contributed by atoms with Crippen LogP contribution in [0.5, 0.6) is 5.75 Å². The third-order valence-corrected chi connectivity index (χ3v) is 4.44. The van der Waals surface area contributed by atoms with Crippen LogP contribution in [0, 0.1) is 5.92 Å². The summed E-state index contributed by atoms with van der Waals surface area (Å²) in [6.45, 7) is 9.09. The van der Waals surface area contributed by atoms with Crippen molar-refractivity contribution in [3.63, 3.8) is 0 Å². The van der Waals surface area contributed by atoms with Crippen LogP contribution in [-0.4, -0.2) is 20.2 Å². The zero-order valence-corrected chi connectivity index (χ0v) is 13.5. The van der Waals surface area contributed by atoms with Crippen molar-refractivity contribution in [2.75, 3.05) is 20.2 Å². The second-order valence-corrected chi connectivity index (χ2v) is 6.28. The molecule has 2 heteroatoms. The monoisotopic (exact) mass is 275 g/mol. The van der Waals surface area contributed by atoms with E-state index >= 15 is 0 Å². The molecule has 0 amide bonds. The number of nitrogens with one attached hydrogen (secondary N) is 1. The zero-order valence-electron chi connectivity index (χ0n) is 13.5. The summed E-state index contributed by atoms with van der Waals surface area (Å²) in [5.41, 5.74) is 4.23. The first-order chi connectivity index (χ1) is 9.65. The lowest BCUT2D eigenvalue weighted by molar-refractivity contribution is 0.371. The highest BCUT2D eigenvalue weighted by atomic mass is 16.5. The smallest absolute Gasteiger partial charge is 0.125 e. The van der Waals surface area contributed by atoms with Gasteiger partial charge in [0.1, 0.15) is 5.75 Å². The summed E-state index contributed by atoms with van der Waals surface area (Å²) in [6, 6.07) is 4.75. The third-order valence-electron chi connectivity index (χ3n) is 4.44. The van der Waals surface area contributed by atoms with Gasteiger partial charge in [0.2, 0.25) is 0 Å². The molecule has 0 radical (unpaired) electrons. The molecule has 1 aliphatic rings. The van der Waals surface area contributed by atoms with Gasteiger partial charge in [-0.1, -0.05) is 32.9 Å². The first-order valence-electron chi connectivity index (χ1n) is 8.06. The van der Waals surface area contributed by atoms with Gasteiger partial charge in [0, 0.05) is 0 Å². The number of piperidine rings is 1. The van der Waals surface area contributed by atoms with E-state index in [-0.39, 0.29) is 0 Å². The molecule has 2 rings (SSSR count). The maximum atomic E-state index is 5.66. The Balaban J connectivity index is 2.26. The lowest BCUT2D eigenvalue weighted by atomic mass is 9.87. The zero-order chi connectivity index (χ0) is 14.5. The van der Waals surface area contributed by atoms with Crippen LogP contribution in [0.1, 0.15) is 56.2 Å². The summed E-state index contributed by atoms with van der Waals surface area (Å²) in [5, 5.41) is 3.45. The lowest BCUT2D eigenvalue weighted by Crippen LogP contribution is -2.28. The van der Waals surface area contributed by atoms with Crippen LogP contribution in [0.2, 0.25) is 0 Å². The van der Waals surface area contributed by atoms with Gasteiger partial charge in [-0.25, -0.2) is 0 Å². The van der Waals surface area contributed by atoms with E-state index in [1.165, 1.54) is 49.0 Å². The molecule has 1 fully saturated rings. The number of methoxy groups -OCH3 is 1. The molecule has 20 heavy (non-hydrogen) atoms. The SMILES string of the molecule is CCc1cc(CC2CCNCC2)cc(C(C)C)c1OC. The predicted octanol–water partition coefficient (Wildman–Crippen LogP) is 3.92. The van der Waals surface area contributed by atoms with E-state index in [1.807, 2.05) is 0 Å². The Morgan fingerprint density at radius 3 is 2.50 bits per heavy atom. The third kappa shape index (κ3) is 3.54. The maximum absolute atomic E-state index is 5.66. The molecule has 1 saturated heterocycles. The first-order valence-corrected chi connectivity index (χ1v) is 8.06. The second-order valence-electron chi connectivity index (χ2n) is 6.28. The van der Waals surface area contributed by atoms with Gasteiger partial charge in [-0.15, -0.1) is 0 Å². The minimum absolute atomic E-state index is 0.517. The van der Waals surface area contributed by atoms with Crippen molar-refractivity contribution in [1.29, 1.82) is 0 Å². The Kier molecular flexibility index (Phi) is 5.47. The molecule has 1 aromatic carbocycles. The molecule has 0 unspecified atom stereocenters. The Labute approximate surface area is 123 Å². The lowest BCUT2D eigenvalue weighted by Gasteiger charge is -2.24. The summed E-state index contributed by atoms with van der Waals surface area (Å²) < 4.78 is 5.66. The van der Waals surface area contributed by atoms with Gasteiger partial charge >= 0.3 is 0 Å². The Hall–Kier alpha value is -1.02. The highest BCUT2D eigenvalue weighted by Crippen LogP contribution is 2.33. The average molecular weight is 275 g/mol. The molecule has 0 aliphatic carbocycles. The summed E-state index contributed by atoms with van der Waals surface area (Å²) in [4.78, 5) is 0. The van der Waals surface area contributed by atoms with Crippen molar-refractivity contribution in [2.24, 2.45) is 5.92 Å². The Morgan fingerprint density at radius 1 is 1.25 bits per heavy atom. The van der Waals surface area contributed by atoms with Crippen molar-refractivity contribution in [2.45, 2.75) is 52.4 Å². The number of rotatable bonds is 5. The summed E-state index contributed by atoms with van der Waals surface area (Å²) in [7, 11) is 1.80. The molecule has 0 bridgehead atoms. The fraction of sp³-hybridized carbons (Fsp3) is 0.667. The average Bonchev–Trinajstić information content (AvgIpc) is 2.47. The molecule has 2 nitrogen and oxygen atoms in total. The molecule has 112 valence electrons. The summed E-state index contributed by atoms with van der Waals surface area (Å²) in [6.07, 6.45) is 4.89. The molecule has 0 atom stereocenters. The molecule has 1 aromatic rings. The van der Waals surface area contributed by atoms with Gasteiger partial charge in [0.15, 0.2) is 0 Å². The number of hydrogen-bond donors (Lipinski definition) is 1. The number of benzene rings is 1. The van der Waals surface area contributed by atoms with Crippen LogP contribution in [0.3, 0.4) is 0 Å². The fourth-order valence-corrected chi connectivity index (χ4v) is 3.26. The second kappa shape index (κ2) is 7.12. The highest BCUT2D eigenvalue weighted by molar-refractivity contribution is 5.46. The van der Waals surface area contributed by atoms with Crippen molar-refractivity contribution < 1.29 is 4.74 Å². The van der Waals surface area contributed by atoms with Gasteiger partial charge < -0.3 is 10.1 Å². The van der Waals surface area contributed by atoms with Gasteiger partial charge in [0.05, 0.1) is 7.11 Å². The van der Waals surface area contributed by atoms with Crippen LogP contribution in [0.25, 0.3) is 0 Å². The van der Waals surface area contributed by atoms with Crippen molar-refractivity contribution in [1.82, 2.24) is 5.32 Å². The molecule has 1 N–H and O–H groups in total. The van der Waals surface area contributed by atoms with Crippen LogP contribution >= 0.6 is 0 Å². The van der Waals surface area contributed by atoms with E-state index < -0.39 is 0 Å². The van der Waals surface area contributed by atoms with E-state index in [1.54, 1.807) is 7.11 Å². The van der Waals surface area contributed by atoms with Gasteiger partial charge in [-0.2, -0.15) is 0 Å². The van der Waals surface area contributed by atoms with Gasteiger partial charge in [-0.05, 0) is 67.3 Å². The van der Waals surface area contributed by atoms with E-state index in [2.05, 4.69) is 38.2 Å². The molecular weight excluding hydrogens is 246 g/mol. The van der Waals surface area contributed by atoms with Crippen molar-refractivity contribution in [3.05, 3.63) is 28.8 Å². The maximum Gasteiger partial charge on any atom is 0.125 e. The summed E-state index contributed by atoms with van der Waals surface area (Å²) >= 11 is 0. The fourth-order valence-electron chi connectivity index (χ4n) is 3.26. The standard InChI is InChI=1S/C18H29NO/c1-5-16-11-15(10-14-6-8-19-9-7-14)12-17(13(2)3)18(16)20-4/h11-14,19H,5-10H2,1-4H3. The summed E-state index contributed by atoms with van der Waals surface area (Å²) in [5.74, 6) is 2.47. The van der Waals surface area contributed by atoms with Crippen LogP contribution in [0.15, 0.2) is 12.1 Å². The molecule has 0 aromatic heterocycles. The highest BCUT2D eigenvalue weighted by Gasteiger charge is 2.17. The van der Waals surface area contributed by atoms with Crippen LogP contribution < -0.4 is 10.1 Å². The van der Waals surface area contributed by atoms with Crippen molar-refractivity contribution >= 4 is 0 Å². The quantitative estimate of drug-likeness (QED) is 0.879. The Bertz CT molecular complexity index is 433. The van der Waals surface area contributed by atoms with E-state index in [0.717, 1.165) is 18.1 Å². The van der Waals surface area contributed by atoms with Gasteiger partial charge in [-0.3, -0.25) is 0 Å². The first kappa shape index (κ1) is 15.4. The Morgan fingerprint density at radius 2 is 1.95 bits per heavy atom. The molecule has 1 aliphatic heterocycles. The molecular formula is C18H29NO. The largest absolute Gasteiger partial charge is 0.496 e. The van der Waals surface area contributed by atoms with Gasteiger partial charge in [0.25, 0.3) is 0 Å². The number of hydrogen-bond acceptors (Lipinski definition) is 2. The predicted molar refractivity (Wildman–Crippen MR) is 85.8 cm³/mol. The number of aryl methyl sites for hydroxylation is 1. The van der Waals surface area contributed by atoms with E-state index in [9.17, 15) is 0 Å². The van der Waals surface area contributed by atoms with Crippen LogP contribution in [0.4, 0.5) is 0 Å². The minimum Gasteiger partial charge on any atom is -0.496 e. The molecule has 0 saturated carbocycles. The van der Waals surface area contributed by atoms with E-state index in [0.29, 0.717) is 5.92 Å². The van der Waals surface area contributed by atoms with E-state index in [4.69, 9.17) is 4.74 Å². The molecule has 1 heterocycles. The van der Waals surface area contributed by atoms with Crippen LogP contribution in [-0.2, 0) is 12.8 Å². The normalized spacial score (nSPS) is 16.6. The number of ether oxygens (including phenoxy) is 1. The van der Waals surface area contributed by atoms with Crippen molar-refractivity contribution in [3.8, 4) is 5.75 Å². The molecule has 0 spiro atoms.